The van der Waals surface area contributed by atoms with E-state index in [-0.39, 0.29) is 24.2 Å². The summed E-state index contributed by atoms with van der Waals surface area (Å²) in [5.74, 6) is 0.453. The van der Waals surface area contributed by atoms with E-state index < -0.39 is 0 Å². The third kappa shape index (κ3) is 4.02. The molecule has 0 aliphatic carbocycles. The van der Waals surface area contributed by atoms with E-state index in [9.17, 15) is 4.79 Å². The molecule has 0 aromatic heterocycles. The molecular formula is C15H21ClN2O3. The van der Waals surface area contributed by atoms with Crippen LogP contribution in [0.2, 0.25) is 5.02 Å². The van der Waals surface area contributed by atoms with Gasteiger partial charge in [-0.05, 0) is 33.3 Å². The van der Waals surface area contributed by atoms with Crippen LogP contribution in [0.3, 0.4) is 0 Å². The Hall–Kier alpha value is -1.46. The molecule has 1 aliphatic heterocycles. The fourth-order valence-corrected chi connectivity index (χ4v) is 2.57. The van der Waals surface area contributed by atoms with E-state index in [1.165, 1.54) is 0 Å². The van der Waals surface area contributed by atoms with Crippen LogP contribution < -0.4 is 15.4 Å². The van der Waals surface area contributed by atoms with E-state index in [0.717, 1.165) is 12.1 Å². The highest BCUT2D eigenvalue weighted by molar-refractivity contribution is 6.33. The van der Waals surface area contributed by atoms with Gasteiger partial charge in [-0.15, -0.1) is 0 Å². The summed E-state index contributed by atoms with van der Waals surface area (Å²) in [4.78, 5) is 11.3. The summed E-state index contributed by atoms with van der Waals surface area (Å²) in [6.07, 6.45) is 0.828. The minimum Gasteiger partial charge on any atom is -0.482 e. The molecule has 2 N–H and O–H groups in total. The number of methoxy groups -OCH3 is 1. The lowest BCUT2D eigenvalue weighted by atomic mass is 9.99. The molecular weight excluding hydrogens is 292 g/mol. The highest BCUT2D eigenvalue weighted by Gasteiger charge is 2.22. The first-order chi connectivity index (χ1) is 9.80. The predicted octanol–water partition coefficient (Wildman–Crippen LogP) is 3.29. The lowest BCUT2D eigenvalue weighted by Crippen LogP contribution is -2.31. The molecule has 0 bridgehead atoms. The number of fused-ring (bicyclic) bond motifs is 1. The van der Waals surface area contributed by atoms with Crippen LogP contribution in [0, 0.1) is 0 Å². The summed E-state index contributed by atoms with van der Waals surface area (Å²) < 4.78 is 10.8. The van der Waals surface area contributed by atoms with Gasteiger partial charge in [0.15, 0.2) is 6.61 Å². The summed E-state index contributed by atoms with van der Waals surface area (Å²) >= 11 is 6.26. The lowest BCUT2D eigenvalue weighted by molar-refractivity contribution is -0.118. The number of benzene rings is 1. The molecule has 116 valence electrons. The Morgan fingerprint density at radius 3 is 2.90 bits per heavy atom. The van der Waals surface area contributed by atoms with Gasteiger partial charge in [-0.1, -0.05) is 11.6 Å². The fourth-order valence-electron chi connectivity index (χ4n) is 2.35. The maximum absolute atomic E-state index is 11.3. The van der Waals surface area contributed by atoms with Crippen LogP contribution in [-0.2, 0) is 9.53 Å². The molecule has 1 aliphatic rings. The molecule has 0 spiro atoms. The van der Waals surface area contributed by atoms with Crippen molar-refractivity contribution in [1.82, 2.24) is 0 Å². The highest BCUT2D eigenvalue weighted by Crippen LogP contribution is 2.37. The highest BCUT2D eigenvalue weighted by atomic mass is 35.5. The molecule has 1 amide bonds. The van der Waals surface area contributed by atoms with Gasteiger partial charge in [0.25, 0.3) is 5.91 Å². The third-order valence-corrected chi connectivity index (χ3v) is 3.77. The largest absolute Gasteiger partial charge is 0.482 e. The van der Waals surface area contributed by atoms with E-state index >= 15 is 0 Å². The van der Waals surface area contributed by atoms with Crippen molar-refractivity contribution in [3.63, 3.8) is 0 Å². The number of rotatable bonds is 5. The van der Waals surface area contributed by atoms with E-state index in [2.05, 4.69) is 17.6 Å². The van der Waals surface area contributed by atoms with Crippen LogP contribution >= 0.6 is 11.6 Å². The molecule has 0 saturated carbocycles. The monoisotopic (exact) mass is 312 g/mol. The molecule has 2 rings (SSSR count). The van der Waals surface area contributed by atoms with Gasteiger partial charge in [-0.3, -0.25) is 4.79 Å². The van der Waals surface area contributed by atoms with Crippen molar-refractivity contribution in [3.8, 4) is 5.75 Å². The van der Waals surface area contributed by atoms with Crippen molar-refractivity contribution in [2.45, 2.75) is 38.8 Å². The van der Waals surface area contributed by atoms with Crippen molar-refractivity contribution in [2.75, 3.05) is 24.4 Å². The second-order valence-electron chi connectivity index (χ2n) is 5.88. The Morgan fingerprint density at radius 1 is 1.52 bits per heavy atom. The first-order valence-electron chi connectivity index (χ1n) is 6.88. The topological polar surface area (TPSA) is 59.6 Å². The van der Waals surface area contributed by atoms with Gasteiger partial charge in [0.05, 0.1) is 22.0 Å². The van der Waals surface area contributed by atoms with Crippen LogP contribution in [-0.4, -0.2) is 31.3 Å². The van der Waals surface area contributed by atoms with Crippen molar-refractivity contribution in [2.24, 2.45) is 0 Å². The van der Waals surface area contributed by atoms with Crippen molar-refractivity contribution < 1.29 is 14.3 Å². The van der Waals surface area contributed by atoms with Crippen LogP contribution in [0.15, 0.2) is 12.1 Å². The van der Waals surface area contributed by atoms with Crippen LogP contribution in [0.5, 0.6) is 5.75 Å². The molecule has 21 heavy (non-hydrogen) atoms. The van der Waals surface area contributed by atoms with Gasteiger partial charge in [-0.25, -0.2) is 0 Å². The number of anilines is 2. The van der Waals surface area contributed by atoms with Crippen LogP contribution in [0.4, 0.5) is 11.4 Å². The molecule has 5 nitrogen and oxygen atoms in total. The first kappa shape index (κ1) is 15.9. The number of halogens is 1. The Labute approximate surface area is 130 Å². The quantitative estimate of drug-likeness (QED) is 0.876. The summed E-state index contributed by atoms with van der Waals surface area (Å²) in [6, 6.07) is 3.69. The standard InChI is InChI=1S/C15H21ClN2O3/c1-9(7-15(2,3)20-4)17-11-6-13-12(5-10(11)16)18-14(19)8-21-13/h5-6,9,17H,7-8H2,1-4H3,(H,18,19). The van der Waals surface area contributed by atoms with Crippen LogP contribution in [0.25, 0.3) is 0 Å². The number of hydrogen-bond donors (Lipinski definition) is 2. The zero-order valence-corrected chi connectivity index (χ0v) is 13.5. The number of nitrogens with one attached hydrogen (secondary N) is 2. The number of carbonyl (C=O) groups is 1. The average molecular weight is 313 g/mol. The number of ether oxygens (including phenoxy) is 2. The molecule has 1 unspecified atom stereocenters. The van der Waals surface area contributed by atoms with Crippen molar-refractivity contribution in [3.05, 3.63) is 17.2 Å². The summed E-state index contributed by atoms with van der Waals surface area (Å²) in [6.45, 7) is 6.18. The predicted molar refractivity (Wildman–Crippen MR) is 84.4 cm³/mol. The molecule has 0 saturated heterocycles. The van der Waals surface area contributed by atoms with Gasteiger partial charge >= 0.3 is 0 Å². The van der Waals surface area contributed by atoms with E-state index in [1.54, 1.807) is 13.2 Å². The Kier molecular flexibility index (Phi) is 4.64. The van der Waals surface area contributed by atoms with Gasteiger partial charge < -0.3 is 20.1 Å². The van der Waals surface area contributed by atoms with Crippen molar-refractivity contribution in [1.29, 1.82) is 0 Å². The van der Waals surface area contributed by atoms with Crippen molar-refractivity contribution >= 4 is 28.9 Å². The van der Waals surface area contributed by atoms with Gasteiger partial charge in [0.2, 0.25) is 0 Å². The molecule has 0 fully saturated rings. The fraction of sp³-hybridized carbons (Fsp3) is 0.533. The zero-order valence-electron chi connectivity index (χ0n) is 12.7. The summed E-state index contributed by atoms with van der Waals surface area (Å²) in [7, 11) is 1.70. The summed E-state index contributed by atoms with van der Waals surface area (Å²) in [5.41, 5.74) is 1.18. The second kappa shape index (κ2) is 6.12. The van der Waals surface area contributed by atoms with E-state index in [1.807, 2.05) is 19.9 Å². The molecule has 6 heteroatoms. The molecule has 1 atom stereocenters. The maximum atomic E-state index is 11.3. The maximum Gasteiger partial charge on any atom is 0.262 e. The van der Waals surface area contributed by atoms with Gasteiger partial charge in [0, 0.05) is 19.2 Å². The average Bonchev–Trinajstić information content (AvgIpc) is 2.39. The first-order valence-corrected chi connectivity index (χ1v) is 7.26. The minimum atomic E-state index is -0.211. The lowest BCUT2D eigenvalue weighted by Gasteiger charge is -2.28. The molecule has 1 aromatic rings. The minimum absolute atomic E-state index is 0.0281. The zero-order chi connectivity index (χ0) is 15.6. The van der Waals surface area contributed by atoms with E-state index in [0.29, 0.717) is 16.5 Å². The smallest absolute Gasteiger partial charge is 0.262 e. The van der Waals surface area contributed by atoms with E-state index in [4.69, 9.17) is 21.1 Å². The third-order valence-electron chi connectivity index (χ3n) is 3.45. The SMILES string of the molecule is COC(C)(C)CC(C)Nc1cc2c(cc1Cl)NC(=O)CO2. The van der Waals surface area contributed by atoms with Crippen LogP contribution in [0.1, 0.15) is 27.2 Å². The Bertz CT molecular complexity index is 546. The normalized spacial score (nSPS) is 15.8. The second-order valence-corrected chi connectivity index (χ2v) is 6.29. The summed E-state index contributed by atoms with van der Waals surface area (Å²) in [5, 5.41) is 6.63. The number of hydrogen-bond acceptors (Lipinski definition) is 4. The van der Waals surface area contributed by atoms with Gasteiger partial charge in [0.1, 0.15) is 5.75 Å². The molecule has 0 radical (unpaired) electrons. The number of carbonyl (C=O) groups excluding carboxylic acids is 1. The Morgan fingerprint density at radius 2 is 2.24 bits per heavy atom. The van der Waals surface area contributed by atoms with Gasteiger partial charge in [-0.2, -0.15) is 0 Å². The number of amides is 1. The molecule has 1 aromatic carbocycles. The Balaban J connectivity index is 2.12. The molecule has 1 heterocycles.